The van der Waals surface area contributed by atoms with Gasteiger partial charge in [-0.2, -0.15) is 5.10 Å². The number of hydrogen-bond donors (Lipinski definition) is 1. The average Bonchev–Trinajstić information content (AvgIpc) is 2.41. The zero-order valence-corrected chi connectivity index (χ0v) is 11.5. The second-order valence-electron chi connectivity index (χ2n) is 5.14. The topological polar surface area (TPSA) is 67.6 Å². The highest BCUT2D eigenvalue weighted by Crippen LogP contribution is 2.11. The van der Waals surface area contributed by atoms with E-state index in [1.807, 2.05) is 13.8 Å². The van der Waals surface area contributed by atoms with Gasteiger partial charge in [0.1, 0.15) is 0 Å². The number of nitrogens with zero attached hydrogens (tertiary/aromatic N) is 3. The number of aromatic nitrogens is 2. The summed E-state index contributed by atoms with van der Waals surface area (Å²) in [7, 11) is 0. The highest BCUT2D eigenvalue weighted by molar-refractivity contribution is 5.43. The van der Waals surface area contributed by atoms with Crippen molar-refractivity contribution >= 4 is 5.69 Å². The molecule has 6 heteroatoms. The van der Waals surface area contributed by atoms with E-state index in [1.54, 1.807) is 12.3 Å². The van der Waals surface area contributed by atoms with E-state index in [0.717, 1.165) is 18.8 Å². The van der Waals surface area contributed by atoms with Crippen LogP contribution in [0.1, 0.15) is 13.8 Å². The Morgan fingerprint density at radius 1 is 1.42 bits per heavy atom. The molecule has 0 radical (unpaired) electrons. The van der Waals surface area contributed by atoms with Gasteiger partial charge in [-0.05, 0) is 5.92 Å². The molecule has 1 N–H and O–H groups in total. The molecular formula is C13H21N3O3. The van der Waals surface area contributed by atoms with Crippen LogP contribution in [0.3, 0.4) is 0 Å². The Kier molecular flexibility index (Phi) is 4.55. The maximum atomic E-state index is 12.0. The molecule has 1 atom stereocenters. The molecule has 1 aliphatic rings. The SMILES string of the molecule is CC(C)C(O)Cn1ncc(N2CCOCC2)cc1=O. The maximum Gasteiger partial charge on any atom is 0.268 e. The van der Waals surface area contributed by atoms with Gasteiger partial charge in [0.05, 0.1) is 37.7 Å². The summed E-state index contributed by atoms with van der Waals surface area (Å²) < 4.78 is 6.59. The maximum absolute atomic E-state index is 12.0. The van der Waals surface area contributed by atoms with Gasteiger partial charge in [0.25, 0.3) is 5.56 Å². The summed E-state index contributed by atoms with van der Waals surface area (Å²) in [6.45, 7) is 6.97. The first kappa shape index (κ1) is 14.0. The summed E-state index contributed by atoms with van der Waals surface area (Å²) in [5.41, 5.74) is 0.646. The van der Waals surface area contributed by atoms with E-state index in [4.69, 9.17) is 4.74 Å². The van der Waals surface area contributed by atoms with Gasteiger partial charge in [-0.1, -0.05) is 13.8 Å². The van der Waals surface area contributed by atoms with Crippen LogP contribution in [0.25, 0.3) is 0 Å². The van der Waals surface area contributed by atoms with E-state index in [0.29, 0.717) is 13.2 Å². The number of hydrogen-bond acceptors (Lipinski definition) is 5. The normalized spacial score (nSPS) is 17.8. The van der Waals surface area contributed by atoms with Crippen LogP contribution in [0, 0.1) is 5.92 Å². The van der Waals surface area contributed by atoms with Crippen molar-refractivity contribution < 1.29 is 9.84 Å². The molecule has 0 aromatic carbocycles. The third kappa shape index (κ3) is 3.54. The molecule has 2 rings (SSSR count). The van der Waals surface area contributed by atoms with Crippen molar-refractivity contribution in [3.8, 4) is 0 Å². The van der Waals surface area contributed by atoms with Gasteiger partial charge in [0, 0.05) is 19.2 Å². The first-order valence-electron chi connectivity index (χ1n) is 6.66. The molecule has 1 saturated heterocycles. The summed E-state index contributed by atoms with van der Waals surface area (Å²) in [4.78, 5) is 14.1. The van der Waals surface area contributed by atoms with Crippen LogP contribution in [0.4, 0.5) is 5.69 Å². The molecule has 1 unspecified atom stereocenters. The minimum absolute atomic E-state index is 0.104. The van der Waals surface area contributed by atoms with E-state index in [1.165, 1.54) is 4.68 Å². The lowest BCUT2D eigenvalue weighted by atomic mass is 10.1. The fourth-order valence-corrected chi connectivity index (χ4v) is 1.94. The Hall–Kier alpha value is -1.40. The van der Waals surface area contributed by atoms with Gasteiger partial charge in [-0.15, -0.1) is 0 Å². The fourth-order valence-electron chi connectivity index (χ4n) is 1.94. The van der Waals surface area contributed by atoms with E-state index in [9.17, 15) is 9.90 Å². The van der Waals surface area contributed by atoms with E-state index < -0.39 is 6.10 Å². The van der Waals surface area contributed by atoms with Crippen molar-refractivity contribution in [2.45, 2.75) is 26.5 Å². The van der Waals surface area contributed by atoms with Crippen LogP contribution in [0.2, 0.25) is 0 Å². The van der Waals surface area contributed by atoms with E-state index in [2.05, 4.69) is 10.00 Å². The van der Waals surface area contributed by atoms with Crippen LogP contribution in [-0.4, -0.2) is 47.3 Å². The first-order valence-corrected chi connectivity index (χ1v) is 6.66. The standard InChI is InChI=1S/C13H21N3O3/c1-10(2)12(17)9-16-13(18)7-11(8-14-16)15-3-5-19-6-4-15/h7-8,10,12,17H,3-6,9H2,1-2H3. The first-order chi connectivity index (χ1) is 9.08. The van der Waals surface area contributed by atoms with Crippen LogP contribution in [0.5, 0.6) is 0 Å². The molecule has 1 aliphatic heterocycles. The molecule has 0 aliphatic carbocycles. The summed E-state index contributed by atoms with van der Waals surface area (Å²) in [5.74, 6) is 0.104. The van der Waals surface area contributed by atoms with Crippen molar-refractivity contribution in [1.29, 1.82) is 0 Å². The molecule has 1 fully saturated rings. The molecule has 0 saturated carbocycles. The highest BCUT2D eigenvalue weighted by Gasteiger charge is 2.15. The summed E-state index contributed by atoms with van der Waals surface area (Å²) in [6, 6.07) is 1.57. The quantitative estimate of drug-likeness (QED) is 0.838. The minimum atomic E-state index is -0.556. The van der Waals surface area contributed by atoms with Crippen molar-refractivity contribution in [1.82, 2.24) is 9.78 Å². The number of aliphatic hydroxyl groups excluding tert-OH is 1. The highest BCUT2D eigenvalue weighted by atomic mass is 16.5. The lowest BCUT2D eigenvalue weighted by Crippen LogP contribution is -2.38. The van der Waals surface area contributed by atoms with Gasteiger partial charge >= 0.3 is 0 Å². The number of rotatable bonds is 4. The third-order valence-corrected chi connectivity index (χ3v) is 3.36. The van der Waals surface area contributed by atoms with Gasteiger partial charge in [0.15, 0.2) is 0 Å². The van der Waals surface area contributed by atoms with Crippen LogP contribution < -0.4 is 10.5 Å². The van der Waals surface area contributed by atoms with Crippen LogP contribution in [0.15, 0.2) is 17.1 Å². The molecule has 0 bridgehead atoms. The number of anilines is 1. The molecule has 1 aromatic heterocycles. The summed E-state index contributed by atoms with van der Waals surface area (Å²) in [5, 5.41) is 13.9. The lowest BCUT2D eigenvalue weighted by Gasteiger charge is -2.28. The Morgan fingerprint density at radius 2 is 2.11 bits per heavy atom. The number of morpholine rings is 1. The molecule has 0 amide bonds. The minimum Gasteiger partial charge on any atom is -0.391 e. The van der Waals surface area contributed by atoms with Gasteiger partial charge in [0.2, 0.25) is 0 Å². The van der Waals surface area contributed by atoms with Crippen molar-refractivity contribution in [2.75, 3.05) is 31.2 Å². The molecule has 6 nitrogen and oxygen atoms in total. The second-order valence-corrected chi connectivity index (χ2v) is 5.14. The number of aliphatic hydroxyl groups is 1. The molecule has 106 valence electrons. The second kappa shape index (κ2) is 6.16. The predicted octanol–water partition coefficient (Wildman–Crippen LogP) is 0.0968. The molecular weight excluding hydrogens is 246 g/mol. The molecule has 0 spiro atoms. The molecule has 19 heavy (non-hydrogen) atoms. The predicted molar refractivity (Wildman–Crippen MR) is 72.4 cm³/mol. The molecule has 2 heterocycles. The van der Waals surface area contributed by atoms with Crippen molar-refractivity contribution in [2.24, 2.45) is 5.92 Å². The van der Waals surface area contributed by atoms with E-state index >= 15 is 0 Å². The fraction of sp³-hybridized carbons (Fsp3) is 0.692. The zero-order valence-electron chi connectivity index (χ0n) is 11.5. The van der Waals surface area contributed by atoms with E-state index in [-0.39, 0.29) is 18.0 Å². The third-order valence-electron chi connectivity index (χ3n) is 3.36. The zero-order chi connectivity index (χ0) is 13.8. The van der Waals surface area contributed by atoms with Gasteiger partial charge in [-0.25, -0.2) is 4.68 Å². The Morgan fingerprint density at radius 3 is 2.68 bits per heavy atom. The van der Waals surface area contributed by atoms with Crippen molar-refractivity contribution in [3.63, 3.8) is 0 Å². The number of ether oxygens (including phenoxy) is 1. The smallest absolute Gasteiger partial charge is 0.268 e. The Labute approximate surface area is 112 Å². The Balaban J connectivity index is 2.10. The van der Waals surface area contributed by atoms with Crippen LogP contribution in [-0.2, 0) is 11.3 Å². The summed E-state index contributed by atoms with van der Waals surface area (Å²) >= 11 is 0. The average molecular weight is 267 g/mol. The molecule has 1 aromatic rings. The Bertz CT molecular complexity index is 466. The summed E-state index contributed by atoms with van der Waals surface area (Å²) in [6.07, 6.45) is 1.12. The van der Waals surface area contributed by atoms with Gasteiger partial charge in [-0.3, -0.25) is 4.79 Å². The van der Waals surface area contributed by atoms with Crippen LogP contribution >= 0.6 is 0 Å². The monoisotopic (exact) mass is 267 g/mol. The lowest BCUT2D eigenvalue weighted by molar-refractivity contribution is 0.101. The van der Waals surface area contributed by atoms with Crippen molar-refractivity contribution in [3.05, 3.63) is 22.6 Å². The van der Waals surface area contributed by atoms with Gasteiger partial charge < -0.3 is 14.7 Å². The largest absolute Gasteiger partial charge is 0.391 e.